The first-order valence-electron chi connectivity index (χ1n) is 6.92. The molecule has 0 aliphatic carbocycles. The molecule has 1 aromatic rings. The number of hydrogen-bond acceptors (Lipinski definition) is 6. The third-order valence-electron chi connectivity index (χ3n) is 3.22. The van der Waals surface area contributed by atoms with E-state index in [1.165, 1.54) is 11.8 Å². The van der Waals surface area contributed by atoms with E-state index in [2.05, 4.69) is 5.32 Å². The molecule has 1 aromatic carbocycles. The lowest BCUT2D eigenvalue weighted by molar-refractivity contribution is -0.132. The number of aliphatic carboxylic acids is 1. The van der Waals surface area contributed by atoms with E-state index in [9.17, 15) is 19.8 Å². The Morgan fingerprint density at radius 3 is 2.30 bits per heavy atom. The van der Waals surface area contributed by atoms with E-state index in [1.54, 1.807) is 30.3 Å². The number of hydrogen-bond donors (Lipinski definition) is 4. The summed E-state index contributed by atoms with van der Waals surface area (Å²) in [7, 11) is 0. The molecule has 0 radical (unpaired) electrons. The maximum atomic E-state index is 12.3. The molecule has 0 fully saturated rings. The Kier molecular flexibility index (Phi) is 6.52. The summed E-state index contributed by atoms with van der Waals surface area (Å²) in [5.41, 5.74) is 0.560. The van der Waals surface area contributed by atoms with E-state index in [0.717, 1.165) is 11.8 Å². The van der Waals surface area contributed by atoms with Gasteiger partial charge in [-0.15, -0.1) is 23.5 Å². The lowest BCUT2D eigenvalue weighted by Gasteiger charge is -2.24. The number of thioether (sulfide) groups is 2. The molecule has 2 unspecified atom stereocenters. The number of carbonyl (C=O) groups excluding carboxylic acids is 1. The monoisotopic (exact) mass is 355 g/mol. The van der Waals surface area contributed by atoms with Gasteiger partial charge in [-0.25, -0.2) is 4.79 Å². The molecule has 1 amide bonds. The third-order valence-corrected chi connectivity index (χ3v) is 5.77. The van der Waals surface area contributed by atoms with Crippen LogP contribution in [0.25, 0.3) is 0 Å². The van der Waals surface area contributed by atoms with Crippen LogP contribution < -0.4 is 5.32 Å². The second-order valence-corrected chi connectivity index (χ2v) is 6.99. The molecular weight excluding hydrogens is 338 g/mol. The smallest absolute Gasteiger partial charge is 0.343 e. The highest BCUT2D eigenvalue weighted by atomic mass is 32.2. The lowest BCUT2D eigenvalue weighted by Crippen LogP contribution is -2.42. The van der Waals surface area contributed by atoms with Crippen LogP contribution in [0.5, 0.6) is 0 Å². The van der Waals surface area contributed by atoms with E-state index in [4.69, 9.17) is 5.11 Å². The van der Waals surface area contributed by atoms with Crippen molar-refractivity contribution < 1.29 is 24.9 Å². The fourth-order valence-corrected chi connectivity index (χ4v) is 4.27. The molecule has 0 saturated heterocycles. The topological polar surface area (TPSA) is 107 Å². The molecule has 0 aromatic heterocycles. The van der Waals surface area contributed by atoms with E-state index in [0.29, 0.717) is 17.1 Å². The molecule has 0 saturated carbocycles. The quantitative estimate of drug-likeness (QED) is 0.602. The summed E-state index contributed by atoms with van der Waals surface area (Å²) in [6.45, 7) is -0.463. The van der Waals surface area contributed by atoms with Gasteiger partial charge in [0.2, 0.25) is 0 Å². The standard InChI is InChI=1S/C15H17NO5S2/c17-8-10(11(18)9-4-2-1-3-5-9)16-14(19)12-13(15(20)21)23-7-6-22-12/h1-5,10-11,17-18H,6-8H2,(H,16,19)(H,20,21). The molecule has 0 spiro atoms. The summed E-state index contributed by atoms with van der Waals surface area (Å²) in [5.74, 6) is -0.473. The van der Waals surface area contributed by atoms with Gasteiger partial charge < -0.3 is 20.6 Å². The third kappa shape index (κ3) is 4.51. The van der Waals surface area contributed by atoms with Crippen molar-refractivity contribution in [2.24, 2.45) is 0 Å². The van der Waals surface area contributed by atoms with Crippen LogP contribution in [0.2, 0.25) is 0 Å². The van der Waals surface area contributed by atoms with Gasteiger partial charge in [-0.1, -0.05) is 30.3 Å². The molecule has 6 nitrogen and oxygen atoms in total. The molecule has 8 heteroatoms. The predicted molar refractivity (Wildman–Crippen MR) is 90.0 cm³/mol. The molecule has 124 valence electrons. The molecule has 23 heavy (non-hydrogen) atoms. The van der Waals surface area contributed by atoms with Crippen LogP contribution in [0.15, 0.2) is 40.1 Å². The van der Waals surface area contributed by atoms with Crippen LogP contribution in [0.3, 0.4) is 0 Å². The first-order chi connectivity index (χ1) is 11.0. The zero-order valence-corrected chi connectivity index (χ0v) is 13.8. The van der Waals surface area contributed by atoms with Gasteiger partial charge in [0.15, 0.2) is 0 Å². The van der Waals surface area contributed by atoms with E-state index in [1.807, 2.05) is 0 Å². The fraction of sp³-hybridized carbons (Fsp3) is 0.333. The van der Waals surface area contributed by atoms with Crippen LogP contribution in [0, 0.1) is 0 Å². The minimum atomic E-state index is -1.14. The summed E-state index contributed by atoms with van der Waals surface area (Å²) in [6, 6.07) is 7.74. The number of nitrogens with one attached hydrogen (secondary N) is 1. The van der Waals surface area contributed by atoms with Crippen LogP contribution in [0.4, 0.5) is 0 Å². The Labute approximate surface area is 142 Å². The number of carbonyl (C=O) groups is 2. The van der Waals surface area contributed by atoms with E-state index >= 15 is 0 Å². The van der Waals surface area contributed by atoms with Gasteiger partial charge in [0, 0.05) is 11.5 Å². The van der Waals surface area contributed by atoms with Crippen molar-refractivity contribution >= 4 is 35.4 Å². The maximum absolute atomic E-state index is 12.3. The van der Waals surface area contributed by atoms with Crippen molar-refractivity contribution in [2.75, 3.05) is 18.1 Å². The molecular formula is C15H17NO5S2. The van der Waals surface area contributed by atoms with Crippen LogP contribution in [-0.2, 0) is 9.59 Å². The SMILES string of the molecule is O=C(O)C1=C(C(=O)NC(CO)C(O)c2ccccc2)SCCS1. The van der Waals surface area contributed by atoms with Crippen molar-refractivity contribution in [3.8, 4) is 0 Å². The lowest BCUT2D eigenvalue weighted by atomic mass is 10.0. The van der Waals surface area contributed by atoms with Crippen molar-refractivity contribution in [2.45, 2.75) is 12.1 Å². The highest BCUT2D eigenvalue weighted by Crippen LogP contribution is 2.34. The largest absolute Gasteiger partial charge is 0.477 e. The highest BCUT2D eigenvalue weighted by Gasteiger charge is 2.29. The van der Waals surface area contributed by atoms with Crippen LogP contribution >= 0.6 is 23.5 Å². The van der Waals surface area contributed by atoms with Crippen molar-refractivity contribution in [3.05, 3.63) is 45.7 Å². The Hall–Kier alpha value is -1.48. The summed E-state index contributed by atoms with van der Waals surface area (Å²) >= 11 is 2.29. The van der Waals surface area contributed by atoms with Gasteiger partial charge in [-0.3, -0.25) is 4.79 Å². The Balaban J connectivity index is 2.15. The summed E-state index contributed by atoms with van der Waals surface area (Å²) < 4.78 is 0. The number of carboxylic acid groups (broad SMARTS) is 1. The molecule has 2 atom stereocenters. The zero-order chi connectivity index (χ0) is 16.8. The normalized spacial score (nSPS) is 17.5. The number of amides is 1. The maximum Gasteiger partial charge on any atom is 0.343 e. The molecule has 2 rings (SSSR count). The average molecular weight is 355 g/mol. The van der Waals surface area contributed by atoms with Gasteiger partial charge in [-0.2, -0.15) is 0 Å². The zero-order valence-electron chi connectivity index (χ0n) is 12.1. The molecule has 1 aliphatic rings. The minimum Gasteiger partial charge on any atom is -0.477 e. The van der Waals surface area contributed by atoms with E-state index < -0.39 is 30.6 Å². The Bertz CT molecular complexity index is 605. The Morgan fingerprint density at radius 1 is 1.13 bits per heavy atom. The van der Waals surface area contributed by atoms with Gasteiger partial charge in [0.05, 0.1) is 17.6 Å². The average Bonchev–Trinajstić information content (AvgIpc) is 2.59. The molecule has 0 bridgehead atoms. The summed E-state index contributed by atoms with van der Waals surface area (Å²) in [4.78, 5) is 23.7. The first kappa shape index (κ1) is 17.9. The van der Waals surface area contributed by atoms with Crippen LogP contribution in [0.1, 0.15) is 11.7 Å². The summed E-state index contributed by atoms with van der Waals surface area (Å²) in [5, 5.41) is 31.4. The second kappa shape index (κ2) is 8.39. The number of benzene rings is 1. The van der Waals surface area contributed by atoms with Gasteiger partial charge in [0.1, 0.15) is 11.0 Å². The molecule has 1 aliphatic heterocycles. The first-order valence-corrected chi connectivity index (χ1v) is 8.89. The number of rotatable bonds is 6. The predicted octanol–water partition coefficient (Wildman–Crippen LogP) is 0.973. The minimum absolute atomic E-state index is 0.00430. The number of aliphatic hydroxyl groups excluding tert-OH is 2. The van der Waals surface area contributed by atoms with Gasteiger partial charge in [0.25, 0.3) is 5.91 Å². The van der Waals surface area contributed by atoms with Crippen molar-refractivity contribution in [1.82, 2.24) is 5.32 Å². The van der Waals surface area contributed by atoms with Crippen LogP contribution in [-0.4, -0.2) is 51.4 Å². The van der Waals surface area contributed by atoms with Gasteiger partial charge >= 0.3 is 5.97 Å². The highest BCUT2D eigenvalue weighted by molar-refractivity contribution is 8.11. The number of aliphatic hydroxyl groups is 2. The van der Waals surface area contributed by atoms with E-state index in [-0.39, 0.29) is 9.81 Å². The second-order valence-electron chi connectivity index (χ2n) is 4.78. The Morgan fingerprint density at radius 2 is 1.74 bits per heavy atom. The number of carboxylic acids is 1. The van der Waals surface area contributed by atoms with Gasteiger partial charge in [-0.05, 0) is 5.56 Å². The summed E-state index contributed by atoms with van der Waals surface area (Å²) in [6.07, 6.45) is -1.08. The molecule has 4 N–H and O–H groups in total. The van der Waals surface area contributed by atoms with Crippen molar-refractivity contribution in [3.63, 3.8) is 0 Å². The molecule has 1 heterocycles. The fourth-order valence-electron chi connectivity index (χ4n) is 2.09. The van der Waals surface area contributed by atoms with Crippen molar-refractivity contribution in [1.29, 1.82) is 0 Å².